The van der Waals surface area contributed by atoms with Crippen LogP contribution in [0.2, 0.25) is 0 Å². The summed E-state index contributed by atoms with van der Waals surface area (Å²) in [6, 6.07) is 4.07. The SMILES string of the molecule is Cc1cc(C(NN)c2ccoc2)cs1. The number of hydrazine groups is 1. The van der Waals surface area contributed by atoms with Crippen molar-refractivity contribution in [3.8, 4) is 0 Å². The molecule has 14 heavy (non-hydrogen) atoms. The van der Waals surface area contributed by atoms with Crippen LogP contribution in [0.5, 0.6) is 0 Å². The van der Waals surface area contributed by atoms with E-state index in [0.717, 1.165) is 5.56 Å². The quantitative estimate of drug-likeness (QED) is 0.600. The van der Waals surface area contributed by atoms with E-state index in [-0.39, 0.29) is 6.04 Å². The predicted octanol–water partition coefficient (Wildman–Crippen LogP) is 2.20. The average Bonchev–Trinajstić information content (AvgIpc) is 2.79. The number of thiophene rings is 1. The van der Waals surface area contributed by atoms with E-state index in [1.54, 1.807) is 23.9 Å². The summed E-state index contributed by atoms with van der Waals surface area (Å²) in [5.74, 6) is 5.52. The van der Waals surface area contributed by atoms with Crippen LogP contribution in [0.25, 0.3) is 0 Å². The molecule has 0 aromatic carbocycles. The standard InChI is InChI=1S/C10H12N2OS/c1-7-4-9(6-14-7)10(12-11)8-2-3-13-5-8/h2-6,10,12H,11H2,1H3. The Hall–Kier alpha value is -1.10. The number of aryl methyl sites for hydroxylation is 1. The van der Waals surface area contributed by atoms with Crippen molar-refractivity contribution in [1.82, 2.24) is 5.43 Å². The molecule has 3 N–H and O–H groups in total. The topological polar surface area (TPSA) is 51.2 Å². The zero-order chi connectivity index (χ0) is 9.97. The zero-order valence-electron chi connectivity index (χ0n) is 7.86. The van der Waals surface area contributed by atoms with E-state index in [2.05, 4.69) is 23.8 Å². The van der Waals surface area contributed by atoms with Crippen LogP contribution >= 0.6 is 11.3 Å². The minimum absolute atomic E-state index is 0.0266. The van der Waals surface area contributed by atoms with Crippen molar-refractivity contribution in [2.45, 2.75) is 13.0 Å². The summed E-state index contributed by atoms with van der Waals surface area (Å²) in [6.07, 6.45) is 3.36. The van der Waals surface area contributed by atoms with E-state index in [1.807, 2.05) is 6.07 Å². The molecule has 74 valence electrons. The molecule has 1 unspecified atom stereocenters. The van der Waals surface area contributed by atoms with Crippen LogP contribution in [0.4, 0.5) is 0 Å². The van der Waals surface area contributed by atoms with Crippen molar-refractivity contribution in [3.63, 3.8) is 0 Å². The first-order valence-corrected chi connectivity index (χ1v) is 5.22. The summed E-state index contributed by atoms with van der Waals surface area (Å²) >= 11 is 1.72. The summed E-state index contributed by atoms with van der Waals surface area (Å²) in [5.41, 5.74) is 5.00. The Bertz CT molecular complexity index is 394. The molecule has 2 aromatic heterocycles. The number of furan rings is 1. The molecule has 0 aliphatic heterocycles. The van der Waals surface area contributed by atoms with Gasteiger partial charge in [-0.3, -0.25) is 5.84 Å². The molecule has 1 atom stereocenters. The molecule has 0 aliphatic rings. The van der Waals surface area contributed by atoms with Gasteiger partial charge in [0.25, 0.3) is 0 Å². The van der Waals surface area contributed by atoms with Gasteiger partial charge in [-0.05, 0) is 30.0 Å². The summed E-state index contributed by atoms with van der Waals surface area (Å²) < 4.78 is 5.03. The number of nitrogens with one attached hydrogen (secondary N) is 1. The number of hydrogen-bond acceptors (Lipinski definition) is 4. The highest BCUT2D eigenvalue weighted by atomic mass is 32.1. The summed E-state index contributed by atoms with van der Waals surface area (Å²) in [4.78, 5) is 1.28. The normalized spacial score (nSPS) is 13.0. The fraction of sp³-hybridized carbons (Fsp3) is 0.200. The summed E-state index contributed by atoms with van der Waals surface area (Å²) in [5, 5.41) is 2.10. The lowest BCUT2D eigenvalue weighted by Crippen LogP contribution is -2.28. The number of rotatable bonds is 3. The van der Waals surface area contributed by atoms with Gasteiger partial charge in [-0.15, -0.1) is 11.3 Å². The van der Waals surface area contributed by atoms with Crippen LogP contribution in [0, 0.1) is 6.92 Å². The third kappa shape index (κ3) is 1.72. The molecule has 0 saturated heterocycles. The molecular weight excluding hydrogens is 196 g/mol. The molecular formula is C10H12N2OS. The monoisotopic (exact) mass is 208 g/mol. The van der Waals surface area contributed by atoms with Gasteiger partial charge >= 0.3 is 0 Å². The van der Waals surface area contributed by atoms with Crippen LogP contribution in [-0.2, 0) is 0 Å². The first-order chi connectivity index (χ1) is 6.81. The number of nitrogens with two attached hydrogens (primary N) is 1. The highest BCUT2D eigenvalue weighted by molar-refractivity contribution is 7.10. The highest BCUT2D eigenvalue weighted by Gasteiger charge is 2.14. The van der Waals surface area contributed by atoms with E-state index < -0.39 is 0 Å². The molecule has 2 rings (SSSR count). The van der Waals surface area contributed by atoms with Gasteiger partial charge in [-0.1, -0.05) is 0 Å². The Morgan fingerprint density at radius 1 is 1.50 bits per heavy atom. The van der Waals surface area contributed by atoms with E-state index >= 15 is 0 Å². The van der Waals surface area contributed by atoms with E-state index in [4.69, 9.17) is 10.3 Å². The lowest BCUT2D eigenvalue weighted by Gasteiger charge is -2.11. The first-order valence-electron chi connectivity index (χ1n) is 4.34. The second-order valence-corrected chi connectivity index (χ2v) is 4.26. The molecule has 0 bridgehead atoms. The lowest BCUT2D eigenvalue weighted by atomic mass is 10.1. The van der Waals surface area contributed by atoms with Crippen molar-refractivity contribution in [2.75, 3.05) is 0 Å². The Morgan fingerprint density at radius 3 is 2.86 bits per heavy atom. The Morgan fingerprint density at radius 2 is 2.36 bits per heavy atom. The fourth-order valence-electron chi connectivity index (χ4n) is 1.44. The maximum absolute atomic E-state index is 5.52. The Balaban J connectivity index is 2.31. The Labute approximate surface area is 86.5 Å². The third-order valence-electron chi connectivity index (χ3n) is 2.13. The Kier molecular flexibility index (Phi) is 2.67. The largest absolute Gasteiger partial charge is 0.472 e. The first kappa shape index (κ1) is 9.45. The van der Waals surface area contributed by atoms with E-state index in [0.29, 0.717) is 0 Å². The minimum atomic E-state index is 0.0266. The van der Waals surface area contributed by atoms with E-state index in [9.17, 15) is 0 Å². The van der Waals surface area contributed by atoms with Crippen molar-refractivity contribution in [3.05, 3.63) is 46.0 Å². The second kappa shape index (κ2) is 3.96. The van der Waals surface area contributed by atoms with Gasteiger partial charge in [0.1, 0.15) is 0 Å². The molecule has 0 amide bonds. The molecule has 0 fully saturated rings. The molecule has 0 radical (unpaired) electrons. The zero-order valence-corrected chi connectivity index (χ0v) is 8.67. The minimum Gasteiger partial charge on any atom is -0.472 e. The van der Waals surface area contributed by atoms with Crippen molar-refractivity contribution in [1.29, 1.82) is 0 Å². The van der Waals surface area contributed by atoms with Crippen LogP contribution in [0.3, 0.4) is 0 Å². The summed E-state index contributed by atoms with van der Waals surface area (Å²) in [6.45, 7) is 2.08. The number of hydrogen-bond donors (Lipinski definition) is 2. The van der Waals surface area contributed by atoms with E-state index in [1.165, 1.54) is 10.4 Å². The van der Waals surface area contributed by atoms with Crippen LogP contribution in [0.15, 0.2) is 34.5 Å². The molecule has 0 spiro atoms. The summed E-state index contributed by atoms with van der Waals surface area (Å²) in [7, 11) is 0. The molecule has 3 nitrogen and oxygen atoms in total. The van der Waals surface area contributed by atoms with Gasteiger partial charge in [-0.25, -0.2) is 5.43 Å². The third-order valence-corrected chi connectivity index (χ3v) is 3.01. The lowest BCUT2D eigenvalue weighted by molar-refractivity contribution is 0.553. The molecule has 4 heteroatoms. The van der Waals surface area contributed by atoms with Gasteiger partial charge in [-0.2, -0.15) is 0 Å². The fourth-order valence-corrected chi connectivity index (χ4v) is 2.17. The van der Waals surface area contributed by atoms with Crippen LogP contribution in [-0.4, -0.2) is 0 Å². The van der Waals surface area contributed by atoms with Crippen LogP contribution in [0.1, 0.15) is 22.0 Å². The van der Waals surface area contributed by atoms with Gasteiger partial charge < -0.3 is 4.42 Å². The van der Waals surface area contributed by atoms with Gasteiger partial charge in [0.2, 0.25) is 0 Å². The smallest absolute Gasteiger partial charge is 0.0954 e. The highest BCUT2D eigenvalue weighted by Crippen LogP contribution is 2.25. The molecule has 2 heterocycles. The predicted molar refractivity (Wildman–Crippen MR) is 56.9 cm³/mol. The van der Waals surface area contributed by atoms with Crippen molar-refractivity contribution < 1.29 is 4.42 Å². The van der Waals surface area contributed by atoms with Gasteiger partial charge in [0, 0.05) is 10.4 Å². The van der Waals surface area contributed by atoms with Crippen molar-refractivity contribution in [2.24, 2.45) is 5.84 Å². The second-order valence-electron chi connectivity index (χ2n) is 3.15. The maximum Gasteiger partial charge on any atom is 0.0954 e. The van der Waals surface area contributed by atoms with Gasteiger partial charge in [0.15, 0.2) is 0 Å². The average molecular weight is 208 g/mol. The van der Waals surface area contributed by atoms with Gasteiger partial charge in [0.05, 0.1) is 18.6 Å². The maximum atomic E-state index is 5.52. The molecule has 0 aliphatic carbocycles. The van der Waals surface area contributed by atoms with Crippen LogP contribution < -0.4 is 11.3 Å². The molecule has 2 aromatic rings. The van der Waals surface area contributed by atoms with Crippen molar-refractivity contribution >= 4 is 11.3 Å². The molecule has 0 saturated carbocycles.